The molecule has 2 aromatic carbocycles. The third kappa shape index (κ3) is 5.41. The van der Waals surface area contributed by atoms with Crippen molar-refractivity contribution in [2.45, 2.75) is 58.7 Å². The van der Waals surface area contributed by atoms with E-state index in [9.17, 15) is 4.79 Å². The van der Waals surface area contributed by atoms with E-state index in [-0.39, 0.29) is 11.9 Å². The minimum Gasteiger partial charge on any atom is -0.497 e. The number of benzene rings is 2. The van der Waals surface area contributed by atoms with Gasteiger partial charge >= 0.3 is 0 Å². The van der Waals surface area contributed by atoms with Crippen LogP contribution in [0, 0.1) is 12.3 Å². The average Bonchev–Trinajstić information content (AvgIpc) is 3.20. The zero-order valence-corrected chi connectivity index (χ0v) is 22.3. The van der Waals surface area contributed by atoms with E-state index < -0.39 is 0 Å². The Labute approximate surface area is 214 Å². The minimum absolute atomic E-state index is 0.0882. The molecule has 2 aliphatic heterocycles. The molecule has 4 N–H and O–H groups in total. The maximum atomic E-state index is 13.4. The highest BCUT2D eigenvalue weighted by Crippen LogP contribution is 2.30. The van der Waals surface area contributed by atoms with Crippen molar-refractivity contribution in [2.75, 3.05) is 32.1 Å². The summed E-state index contributed by atoms with van der Waals surface area (Å²) in [5.41, 5.74) is 6.78. The molecule has 0 unspecified atom stereocenters. The molecule has 0 spiro atoms. The Morgan fingerprint density at radius 1 is 1.14 bits per heavy atom. The maximum Gasteiger partial charge on any atom is 0.252 e. The fraction of sp³-hybridized carbons (Fsp3) is 0.448. The van der Waals surface area contributed by atoms with Gasteiger partial charge in [-0.1, -0.05) is 6.07 Å². The number of fused-ring (bicyclic) bond motifs is 2. The van der Waals surface area contributed by atoms with Crippen molar-refractivity contribution in [1.29, 1.82) is 5.41 Å². The largest absolute Gasteiger partial charge is 0.497 e. The van der Waals surface area contributed by atoms with Gasteiger partial charge in [0.15, 0.2) is 0 Å². The Morgan fingerprint density at radius 3 is 2.44 bits per heavy atom. The number of carbonyl (C=O) groups is 1. The van der Waals surface area contributed by atoms with Crippen molar-refractivity contribution in [3.05, 3.63) is 64.3 Å². The number of aryl methyl sites for hydroxylation is 1. The Morgan fingerprint density at radius 2 is 1.83 bits per heavy atom. The van der Waals surface area contributed by atoms with Crippen molar-refractivity contribution >= 4 is 22.9 Å². The Hall–Kier alpha value is -3.32. The molecule has 2 heterocycles. The van der Waals surface area contributed by atoms with E-state index >= 15 is 0 Å². The molecule has 2 saturated heterocycles. The lowest BCUT2D eigenvalue weighted by molar-refractivity contribution is 0.0939. The van der Waals surface area contributed by atoms with E-state index in [1.807, 2.05) is 58.2 Å². The first kappa shape index (κ1) is 25.8. The summed E-state index contributed by atoms with van der Waals surface area (Å²) >= 11 is 0. The second-order valence-electron chi connectivity index (χ2n) is 10.1. The lowest BCUT2D eigenvalue weighted by atomic mass is 9.95. The topological polar surface area (TPSA) is 89.5 Å². The zero-order chi connectivity index (χ0) is 26.0. The predicted molar refractivity (Wildman–Crippen MR) is 147 cm³/mol. The van der Waals surface area contributed by atoms with Gasteiger partial charge in [0.1, 0.15) is 5.75 Å². The van der Waals surface area contributed by atoms with Crippen LogP contribution in [0.3, 0.4) is 0 Å². The van der Waals surface area contributed by atoms with Crippen LogP contribution in [-0.4, -0.2) is 50.9 Å². The number of nitrogens with one attached hydrogen (secondary N) is 4. The minimum atomic E-state index is -0.244. The van der Waals surface area contributed by atoms with Crippen LogP contribution in [0.4, 0.5) is 5.69 Å². The van der Waals surface area contributed by atoms with Crippen molar-refractivity contribution in [1.82, 2.24) is 16.0 Å². The number of ether oxygens (including phenoxy) is 1. The first-order valence-electron chi connectivity index (χ1n) is 12.8. The van der Waals surface area contributed by atoms with Gasteiger partial charge < -0.3 is 31.0 Å². The molecule has 0 radical (unpaired) electrons. The summed E-state index contributed by atoms with van der Waals surface area (Å²) in [6.45, 7) is 9.67. The number of allylic oxidation sites excluding steroid dienone is 2. The standard InChI is InChI=1S/C29H39N5O2/c1-17-7-10-25(34-15-23-8-9-24(16-34)33-23)14-27(17)29(35)32-19(3)21-11-22(13-26(12-21)36-6)28(18(2)30)20(4)31-5/h7,10-14,19,23-24,30-31,33H,8-9,15-16H2,1-6H3,(H,32,35)/b28-20+,30-18?/t19-,23-,24+/m1/s1. The highest BCUT2D eigenvalue weighted by Gasteiger charge is 2.32. The van der Waals surface area contributed by atoms with Gasteiger partial charge in [0, 0.05) is 60.5 Å². The van der Waals surface area contributed by atoms with Crippen LogP contribution in [-0.2, 0) is 0 Å². The molecule has 36 heavy (non-hydrogen) atoms. The predicted octanol–water partition coefficient (Wildman–Crippen LogP) is 4.43. The van der Waals surface area contributed by atoms with Gasteiger partial charge in [-0.15, -0.1) is 0 Å². The first-order valence-corrected chi connectivity index (χ1v) is 12.8. The molecular weight excluding hydrogens is 450 g/mol. The molecule has 0 aliphatic carbocycles. The number of rotatable bonds is 8. The number of anilines is 1. The maximum absolute atomic E-state index is 13.4. The van der Waals surface area contributed by atoms with Crippen LogP contribution >= 0.6 is 0 Å². The van der Waals surface area contributed by atoms with Crippen LogP contribution in [0.25, 0.3) is 5.57 Å². The van der Waals surface area contributed by atoms with E-state index in [4.69, 9.17) is 10.1 Å². The Balaban J connectivity index is 1.58. The molecule has 2 aromatic rings. The van der Waals surface area contributed by atoms with Crippen molar-refractivity contribution in [3.63, 3.8) is 0 Å². The molecule has 3 atom stereocenters. The van der Waals surface area contributed by atoms with Crippen LogP contribution in [0.15, 0.2) is 42.1 Å². The fourth-order valence-electron chi connectivity index (χ4n) is 5.39. The average molecular weight is 490 g/mol. The summed E-state index contributed by atoms with van der Waals surface area (Å²) in [6, 6.07) is 13.0. The third-order valence-corrected chi connectivity index (χ3v) is 7.47. The molecule has 192 valence electrons. The highest BCUT2D eigenvalue weighted by molar-refractivity contribution is 6.22. The highest BCUT2D eigenvalue weighted by atomic mass is 16.5. The quantitative estimate of drug-likeness (QED) is 0.412. The number of amides is 1. The van der Waals surface area contributed by atoms with Gasteiger partial charge in [-0.2, -0.15) is 0 Å². The molecule has 0 saturated carbocycles. The monoisotopic (exact) mass is 489 g/mol. The third-order valence-electron chi connectivity index (χ3n) is 7.47. The first-order chi connectivity index (χ1) is 17.2. The number of piperazine rings is 1. The summed E-state index contributed by atoms with van der Waals surface area (Å²) in [7, 11) is 3.48. The Bertz CT molecular complexity index is 1180. The van der Waals surface area contributed by atoms with E-state index in [0.29, 0.717) is 29.1 Å². The molecule has 7 heteroatoms. The van der Waals surface area contributed by atoms with Gasteiger partial charge in [-0.25, -0.2) is 0 Å². The van der Waals surface area contributed by atoms with E-state index in [1.54, 1.807) is 14.0 Å². The smallest absolute Gasteiger partial charge is 0.252 e. The Kier molecular flexibility index (Phi) is 7.69. The van der Waals surface area contributed by atoms with Crippen LogP contribution in [0.2, 0.25) is 0 Å². The van der Waals surface area contributed by atoms with Gasteiger partial charge in [-0.05, 0) is 87.6 Å². The summed E-state index contributed by atoms with van der Waals surface area (Å²) in [6.07, 6.45) is 2.45. The van der Waals surface area contributed by atoms with E-state index in [2.05, 4.69) is 26.9 Å². The van der Waals surface area contributed by atoms with Gasteiger partial charge in [0.2, 0.25) is 0 Å². The summed E-state index contributed by atoms with van der Waals surface area (Å²) in [5.74, 6) is 0.604. The number of nitrogens with zero attached hydrogens (tertiary/aromatic N) is 1. The normalized spacial score (nSPS) is 20.4. The molecule has 2 fully saturated rings. The van der Waals surface area contributed by atoms with E-state index in [1.165, 1.54) is 12.8 Å². The van der Waals surface area contributed by atoms with E-state index in [0.717, 1.165) is 46.7 Å². The summed E-state index contributed by atoms with van der Waals surface area (Å²) < 4.78 is 5.57. The van der Waals surface area contributed by atoms with Crippen molar-refractivity contribution < 1.29 is 9.53 Å². The van der Waals surface area contributed by atoms with Crippen LogP contribution in [0.1, 0.15) is 66.7 Å². The molecule has 7 nitrogen and oxygen atoms in total. The van der Waals surface area contributed by atoms with Crippen LogP contribution < -0.4 is 25.6 Å². The van der Waals surface area contributed by atoms with Crippen molar-refractivity contribution in [2.24, 2.45) is 0 Å². The lowest BCUT2D eigenvalue weighted by Gasteiger charge is -2.35. The second kappa shape index (κ2) is 10.7. The molecule has 4 rings (SSSR count). The summed E-state index contributed by atoms with van der Waals surface area (Å²) in [4.78, 5) is 15.8. The molecule has 0 aromatic heterocycles. The fourth-order valence-corrected chi connectivity index (χ4v) is 5.39. The zero-order valence-electron chi connectivity index (χ0n) is 22.3. The molecule has 1 amide bonds. The lowest BCUT2D eigenvalue weighted by Crippen LogP contribution is -2.51. The molecular formula is C29H39N5O2. The summed E-state index contributed by atoms with van der Waals surface area (Å²) in [5, 5.41) is 18.3. The number of methoxy groups -OCH3 is 1. The SMILES string of the molecule is CN/C(C)=C(\C(C)=N)c1cc(OC)cc([C@@H](C)NC(=O)c2cc(N3C[C@H]4CC[C@@H](C3)N4)ccc2C)c1. The van der Waals surface area contributed by atoms with Gasteiger partial charge in [-0.3, -0.25) is 4.79 Å². The van der Waals surface area contributed by atoms with Gasteiger partial charge in [0.25, 0.3) is 5.91 Å². The van der Waals surface area contributed by atoms with Crippen LogP contribution in [0.5, 0.6) is 5.75 Å². The molecule has 2 bridgehead atoms. The second-order valence-corrected chi connectivity index (χ2v) is 10.1. The number of hydrogen-bond acceptors (Lipinski definition) is 6. The van der Waals surface area contributed by atoms with Crippen molar-refractivity contribution in [3.8, 4) is 5.75 Å². The molecule has 2 aliphatic rings. The number of carbonyl (C=O) groups excluding carboxylic acids is 1. The number of hydrogen-bond donors (Lipinski definition) is 4. The van der Waals surface area contributed by atoms with Gasteiger partial charge in [0.05, 0.1) is 13.2 Å².